The van der Waals surface area contributed by atoms with Gasteiger partial charge in [-0.3, -0.25) is 4.79 Å². The fourth-order valence-electron chi connectivity index (χ4n) is 3.04. The van der Waals surface area contributed by atoms with E-state index in [2.05, 4.69) is 20.5 Å². The van der Waals surface area contributed by atoms with Gasteiger partial charge in [0.15, 0.2) is 5.96 Å². The van der Waals surface area contributed by atoms with Gasteiger partial charge in [-0.25, -0.2) is 9.38 Å². The third kappa shape index (κ3) is 5.34. The lowest BCUT2D eigenvalue weighted by Crippen LogP contribution is -2.52. The third-order valence-electron chi connectivity index (χ3n) is 4.73. The highest BCUT2D eigenvalue weighted by molar-refractivity contribution is 5.85. The Balaban J connectivity index is 1.62. The van der Waals surface area contributed by atoms with Crippen LogP contribution in [0.5, 0.6) is 0 Å². The van der Waals surface area contributed by atoms with Crippen LogP contribution in [-0.2, 0) is 4.79 Å². The number of halogens is 1. The van der Waals surface area contributed by atoms with Crippen molar-refractivity contribution in [1.82, 2.24) is 15.5 Å². The van der Waals surface area contributed by atoms with Crippen LogP contribution < -0.4 is 15.5 Å². The van der Waals surface area contributed by atoms with E-state index >= 15 is 0 Å². The van der Waals surface area contributed by atoms with Gasteiger partial charge in [-0.15, -0.1) is 0 Å². The zero-order chi connectivity index (χ0) is 18.5. The number of likely N-dealkylation sites (N-methyl/N-ethyl adjacent to an activating group) is 1. The summed E-state index contributed by atoms with van der Waals surface area (Å²) < 4.78 is 13.5. The Hall–Kier alpha value is -2.31. The van der Waals surface area contributed by atoms with E-state index in [4.69, 9.17) is 0 Å². The van der Waals surface area contributed by atoms with Crippen molar-refractivity contribution in [3.63, 3.8) is 0 Å². The van der Waals surface area contributed by atoms with Crippen LogP contribution in [0.2, 0.25) is 0 Å². The summed E-state index contributed by atoms with van der Waals surface area (Å²) in [6.45, 7) is 1.84. The highest BCUT2D eigenvalue weighted by Crippen LogP contribution is 2.21. The number of nitrogens with one attached hydrogen (secondary N) is 2. The second-order valence-electron chi connectivity index (χ2n) is 7.28. The minimum Gasteiger partial charge on any atom is -0.369 e. The number of carbonyl (C=O) groups is 1. The first-order valence-electron chi connectivity index (χ1n) is 9.29. The number of rotatable bonds is 5. The van der Waals surface area contributed by atoms with Crippen molar-refractivity contribution in [2.24, 2.45) is 4.99 Å². The van der Waals surface area contributed by atoms with Crippen molar-refractivity contribution in [3.8, 4) is 0 Å². The van der Waals surface area contributed by atoms with E-state index in [1.807, 2.05) is 6.07 Å². The molecule has 2 fully saturated rings. The quantitative estimate of drug-likeness (QED) is 0.618. The summed E-state index contributed by atoms with van der Waals surface area (Å²) in [5.74, 6) is 0.471. The fourth-order valence-corrected chi connectivity index (χ4v) is 3.04. The summed E-state index contributed by atoms with van der Waals surface area (Å²) in [5.41, 5.74) is 0.910. The predicted octanol–water partition coefficient (Wildman–Crippen LogP) is 1.58. The van der Waals surface area contributed by atoms with Crippen molar-refractivity contribution >= 4 is 17.6 Å². The highest BCUT2D eigenvalue weighted by Gasteiger charge is 2.25. The van der Waals surface area contributed by atoms with Crippen LogP contribution in [0.1, 0.15) is 25.7 Å². The fraction of sp³-hybridized carbons (Fsp3) is 0.579. The number of nitrogens with zero attached hydrogens (tertiary/aromatic N) is 3. The lowest BCUT2D eigenvalue weighted by atomic mass is 10.0. The summed E-state index contributed by atoms with van der Waals surface area (Å²) in [6, 6.07) is 7.41. The van der Waals surface area contributed by atoms with Crippen molar-refractivity contribution in [2.75, 3.05) is 38.6 Å². The van der Waals surface area contributed by atoms with Crippen LogP contribution in [0.25, 0.3) is 0 Å². The van der Waals surface area contributed by atoms with Gasteiger partial charge in [0.1, 0.15) is 12.4 Å². The van der Waals surface area contributed by atoms with Crippen molar-refractivity contribution < 1.29 is 9.18 Å². The van der Waals surface area contributed by atoms with E-state index in [9.17, 15) is 9.18 Å². The number of aliphatic imine (C=N–C) groups is 1. The van der Waals surface area contributed by atoms with Gasteiger partial charge < -0.3 is 20.4 Å². The van der Waals surface area contributed by atoms with E-state index < -0.39 is 0 Å². The number of amides is 1. The van der Waals surface area contributed by atoms with Gasteiger partial charge in [0.05, 0.1) is 0 Å². The van der Waals surface area contributed by atoms with Crippen LogP contribution in [0, 0.1) is 5.82 Å². The molecule has 1 aromatic carbocycles. The molecule has 1 aliphatic heterocycles. The Morgan fingerprint density at radius 2 is 2.04 bits per heavy atom. The summed E-state index contributed by atoms with van der Waals surface area (Å²) in [4.78, 5) is 20.0. The Morgan fingerprint density at radius 1 is 1.27 bits per heavy atom. The molecule has 0 aromatic heterocycles. The molecule has 1 heterocycles. The summed E-state index contributed by atoms with van der Waals surface area (Å²) in [7, 11) is 3.47. The van der Waals surface area contributed by atoms with Gasteiger partial charge in [0, 0.05) is 45.0 Å². The maximum absolute atomic E-state index is 13.5. The molecule has 0 bridgehead atoms. The molecule has 0 spiro atoms. The van der Waals surface area contributed by atoms with Crippen molar-refractivity contribution in [2.45, 2.75) is 37.8 Å². The summed E-state index contributed by atoms with van der Waals surface area (Å²) in [5, 5.41) is 6.85. The van der Waals surface area contributed by atoms with E-state index in [0.29, 0.717) is 12.0 Å². The Labute approximate surface area is 154 Å². The lowest BCUT2D eigenvalue weighted by Gasteiger charge is -2.35. The Kier molecular flexibility index (Phi) is 5.96. The molecule has 1 saturated carbocycles. The molecule has 1 aromatic rings. The lowest BCUT2D eigenvalue weighted by molar-refractivity contribution is -0.127. The van der Waals surface area contributed by atoms with E-state index in [1.165, 1.54) is 6.07 Å². The van der Waals surface area contributed by atoms with Gasteiger partial charge in [-0.1, -0.05) is 6.07 Å². The molecule has 1 amide bonds. The molecule has 0 radical (unpaired) electrons. The molecule has 6 nitrogen and oxygen atoms in total. The van der Waals surface area contributed by atoms with Gasteiger partial charge >= 0.3 is 0 Å². The molecule has 1 atom stereocenters. The topological polar surface area (TPSA) is 60.0 Å². The monoisotopic (exact) mass is 361 g/mol. The van der Waals surface area contributed by atoms with Gasteiger partial charge in [-0.05, 0) is 43.9 Å². The summed E-state index contributed by atoms with van der Waals surface area (Å²) in [6.07, 6.45) is 4.34. The predicted molar refractivity (Wildman–Crippen MR) is 102 cm³/mol. The standard InChI is InChI=1S/C19H28FN5O/c1-24(2)18(26)12-21-19(22-15-8-9-15)23-16-6-4-10-25(13-16)17-7-3-5-14(20)11-17/h3,5,7,11,15-16H,4,6,8-10,12-13H2,1-2H3,(H2,21,22,23). The molecule has 7 heteroatoms. The minimum absolute atomic E-state index is 0.0214. The minimum atomic E-state index is -0.211. The number of benzene rings is 1. The smallest absolute Gasteiger partial charge is 0.243 e. The molecular formula is C19H28FN5O. The van der Waals surface area contributed by atoms with E-state index in [-0.39, 0.29) is 24.3 Å². The SMILES string of the molecule is CN(C)C(=O)CN=C(NC1CC1)NC1CCCN(c2cccc(F)c2)C1. The summed E-state index contributed by atoms with van der Waals surface area (Å²) >= 11 is 0. The van der Waals surface area contributed by atoms with Gasteiger partial charge in [0.2, 0.25) is 5.91 Å². The number of guanidine groups is 1. The molecule has 3 rings (SSSR count). The first kappa shape index (κ1) is 18.5. The highest BCUT2D eigenvalue weighted by atomic mass is 19.1. The molecule has 142 valence electrons. The second-order valence-corrected chi connectivity index (χ2v) is 7.28. The van der Waals surface area contributed by atoms with Crippen LogP contribution in [0.15, 0.2) is 29.3 Å². The first-order valence-corrected chi connectivity index (χ1v) is 9.29. The number of hydrogen-bond acceptors (Lipinski definition) is 3. The molecule has 26 heavy (non-hydrogen) atoms. The average molecular weight is 361 g/mol. The number of anilines is 1. The number of carbonyl (C=O) groups excluding carboxylic acids is 1. The average Bonchev–Trinajstić information content (AvgIpc) is 3.43. The zero-order valence-electron chi connectivity index (χ0n) is 15.5. The maximum atomic E-state index is 13.5. The first-order chi connectivity index (χ1) is 12.5. The third-order valence-corrected chi connectivity index (χ3v) is 4.73. The van der Waals surface area contributed by atoms with Crippen LogP contribution in [-0.4, -0.2) is 62.6 Å². The van der Waals surface area contributed by atoms with Crippen molar-refractivity contribution in [3.05, 3.63) is 30.1 Å². The van der Waals surface area contributed by atoms with E-state index in [1.54, 1.807) is 31.1 Å². The molecule has 1 saturated heterocycles. The van der Waals surface area contributed by atoms with Gasteiger partial charge in [0.25, 0.3) is 0 Å². The van der Waals surface area contributed by atoms with Crippen LogP contribution >= 0.6 is 0 Å². The normalized spacial score (nSPS) is 20.7. The number of hydrogen-bond donors (Lipinski definition) is 2. The molecule has 1 unspecified atom stereocenters. The Morgan fingerprint density at radius 3 is 2.73 bits per heavy atom. The number of piperidine rings is 1. The zero-order valence-corrected chi connectivity index (χ0v) is 15.5. The maximum Gasteiger partial charge on any atom is 0.243 e. The van der Waals surface area contributed by atoms with Gasteiger partial charge in [-0.2, -0.15) is 0 Å². The van der Waals surface area contributed by atoms with Crippen LogP contribution in [0.3, 0.4) is 0 Å². The van der Waals surface area contributed by atoms with Crippen LogP contribution in [0.4, 0.5) is 10.1 Å². The molecule has 2 N–H and O–H groups in total. The molecule has 2 aliphatic rings. The molecule has 1 aliphatic carbocycles. The van der Waals surface area contributed by atoms with Crippen molar-refractivity contribution in [1.29, 1.82) is 0 Å². The van der Waals surface area contributed by atoms with E-state index in [0.717, 1.165) is 44.5 Å². The largest absolute Gasteiger partial charge is 0.369 e. The molecular weight excluding hydrogens is 333 g/mol. The Bertz CT molecular complexity index is 659. The second kappa shape index (κ2) is 8.38.